The SMILES string of the molecule is CC(C)(C)OC=C(C(=O)OC(C)(C)C)C(c1ccccc1)c1ccccc1. The van der Waals surface area contributed by atoms with Gasteiger partial charge in [0.2, 0.25) is 0 Å². The van der Waals surface area contributed by atoms with Gasteiger partial charge < -0.3 is 9.47 Å². The van der Waals surface area contributed by atoms with Crippen LogP contribution in [0.1, 0.15) is 58.6 Å². The number of rotatable bonds is 5. The minimum atomic E-state index is -0.587. The van der Waals surface area contributed by atoms with Crippen molar-refractivity contribution < 1.29 is 14.3 Å². The Morgan fingerprint density at radius 3 is 1.59 bits per heavy atom. The van der Waals surface area contributed by atoms with Crippen molar-refractivity contribution in [3.63, 3.8) is 0 Å². The van der Waals surface area contributed by atoms with E-state index in [1.165, 1.54) is 0 Å². The van der Waals surface area contributed by atoms with Gasteiger partial charge in [0, 0.05) is 5.92 Å². The Balaban J connectivity index is 2.57. The Kier molecular flexibility index (Phi) is 6.48. The van der Waals surface area contributed by atoms with E-state index in [4.69, 9.17) is 9.47 Å². The molecule has 0 aliphatic carbocycles. The van der Waals surface area contributed by atoms with Crippen molar-refractivity contribution in [2.45, 2.75) is 58.7 Å². The second kappa shape index (κ2) is 8.43. The summed E-state index contributed by atoms with van der Waals surface area (Å²) in [7, 11) is 0. The first-order valence-electron chi connectivity index (χ1n) is 9.28. The summed E-state index contributed by atoms with van der Waals surface area (Å²) >= 11 is 0. The normalized spacial score (nSPS) is 12.8. The highest BCUT2D eigenvalue weighted by Crippen LogP contribution is 2.34. The van der Waals surface area contributed by atoms with Crippen LogP contribution in [0.3, 0.4) is 0 Å². The van der Waals surface area contributed by atoms with Crippen molar-refractivity contribution in [1.82, 2.24) is 0 Å². The lowest BCUT2D eigenvalue weighted by molar-refractivity contribution is -0.150. The molecule has 0 aliphatic heterocycles. The Bertz CT molecular complexity index is 723. The molecule has 2 rings (SSSR count). The molecule has 0 saturated carbocycles. The molecule has 2 aromatic rings. The van der Waals surface area contributed by atoms with Crippen LogP contribution in [0.15, 0.2) is 72.5 Å². The van der Waals surface area contributed by atoms with Gasteiger partial charge in [0.1, 0.15) is 5.60 Å². The Morgan fingerprint density at radius 2 is 1.22 bits per heavy atom. The summed E-state index contributed by atoms with van der Waals surface area (Å²) < 4.78 is 11.6. The van der Waals surface area contributed by atoms with Crippen LogP contribution in [-0.4, -0.2) is 17.2 Å². The molecule has 0 aromatic heterocycles. The van der Waals surface area contributed by atoms with Gasteiger partial charge in [-0.05, 0) is 52.7 Å². The average molecular weight is 367 g/mol. The van der Waals surface area contributed by atoms with Crippen LogP contribution in [0.25, 0.3) is 0 Å². The van der Waals surface area contributed by atoms with E-state index >= 15 is 0 Å². The smallest absolute Gasteiger partial charge is 0.338 e. The maximum Gasteiger partial charge on any atom is 0.338 e. The number of carbonyl (C=O) groups is 1. The zero-order chi connectivity index (χ0) is 20.1. The zero-order valence-corrected chi connectivity index (χ0v) is 17.2. The first-order valence-corrected chi connectivity index (χ1v) is 9.28. The molecule has 3 nitrogen and oxygen atoms in total. The van der Waals surface area contributed by atoms with Gasteiger partial charge in [-0.2, -0.15) is 0 Å². The van der Waals surface area contributed by atoms with Crippen LogP contribution >= 0.6 is 0 Å². The van der Waals surface area contributed by atoms with E-state index in [1.54, 1.807) is 6.26 Å². The Morgan fingerprint density at radius 1 is 0.778 bits per heavy atom. The van der Waals surface area contributed by atoms with E-state index < -0.39 is 11.2 Å². The fraction of sp³-hybridized carbons (Fsp3) is 0.375. The number of hydrogen-bond acceptors (Lipinski definition) is 3. The van der Waals surface area contributed by atoms with Crippen LogP contribution < -0.4 is 0 Å². The molecule has 0 unspecified atom stereocenters. The van der Waals surface area contributed by atoms with Crippen LogP contribution in [-0.2, 0) is 14.3 Å². The Hall–Kier alpha value is -2.55. The van der Waals surface area contributed by atoms with Crippen LogP contribution in [0.5, 0.6) is 0 Å². The van der Waals surface area contributed by atoms with Crippen LogP contribution in [0.2, 0.25) is 0 Å². The number of benzene rings is 2. The van der Waals surface area contributed by atoms with Gasteiger partial charge in [0.25, 0.3) is 0 Å². The lowest BCUT2D eigenvalue weighted by Gasteiger charge is -2.26. The van der Waals surface area contributed by atoms with Crippen molar-refractivity contribution >= 4 is 5.97 Å². The van der Waals surface area contributed by atoms with Gasteiger partial charge in [-0.3, -0.25) is 0 Å². The van der Waals surface area contributed by atoms with E-state index in [-0.39, 0.29) is 11.9 Å². The van der Waals surface area contributed by atoms with Gasteiger partial charge in [0.15, 0.2) is 0 Å². The third-order valence-corrected chi connectivity index (χ3v) is 3.75. The summed E-state index contributed by atoms with van der Waals surface area (Å²) in [6.07, 6.45) is 1.57. The fourth-order valence-electron chi connectivity index (χ4n) is 2.65. The minimum Gasteiger partial charge on any atom is -0.495 e. The van der Waals surface area contributed by atoms with E-state index in [1.807, 2.05) is 102 Å². The summed E-state index contributed by atoms with van der Waals surface area (Å²) in [6.45, 7) is 11.5. The number of ether oxygens (including phenoxy) is 2. The predicted octanol–water partition coefficient (Wildman–Crippen LogP) is 5.86. The topological polar surface area (TPSA) is 35.5 Å². The predicted molar refractivity (Wildman–Crippen MR) is 109 cm³/mol. The molecule has 3 heteroatoms. The van der Waals surface area contributed by atoms with Gasteiger partial charge in [-0.25, -0.2) is 4.79 Å². The first-order chi connectivity index (χ1) is 12.6. The monoisotopic (exact) mass is 366 g/mol. The number of hydrogen-bond donors (Lipinski definition) is 0. The van der Waals surface area contributed by atoms with E-state index in [0.29, 0.717) is 5.57 Å². The largest absolute Gasteiger partial charge is 0.495 e. The molecule has 0 saturated heterocycles. The van der Waals surface area contributed by atoms with Gasteiger partial charge in [0.05, 0.1) is 17.4 Å². The molecule has 0 N–H and O–H groups in total. The number of carbonyl (C=O) groups excluding carboxylic acids is 1. The summed E-state index contributed by atoms with van der Waals surface area (Å²) in [4.78, 5) is 13.1. The van der Waals surface area contributed by atoms with Gasteiger partial charge in [-0.15, -0.1) is 0 Å². The third kappa shape index (κ3) is 6.59. The highest BCUT2D eigenvalue weighted by Gasteiger charge is 2.29. The fourth-order valence-corrected chi connectivity index (χ4v) is 2.65. The maximum absolute atomic E-state index is 13.1. The molecule has 0 atom stereocenters. The molecule has 0 heterocycles. The quantitative estimate of drug-likeness (QED) is 0.378. The molecule has 0 bridgehead atoms. The van der Waals surface area contributed by atoms with Crippen molar-refractivity contribution in [2.75, 3.05) is 0 Å². The molecular formula is C24H30O3. The first kappa shape index (κ1) is 20.8. The Labute approximate surface area is 163 Å². The van der Waals surface area contributed by atoms with Crippen LogP contribution in [0, 0.1) is 0 Å². The molecule has 0 fully saturated rings. The molecular weight excluding hydrogens is 336 g/mol. The highest BCUT2D eigenvalue weighted by atomic mass is 16.6. The second-order valence-electron chi connectivity index (χ2n) is 8.56. The van der Waals surface area contributed by atoms with Crippen molar-refractivity contribution in [1.29, 1.82) is 0 Å². The zero-order valence-electron chi connectivity index (χ0n) is 17.2. The molecule has 27 heavy (non-hydrogen) atoms. The highest BCUT2D eigenvalue weighted by molar-refractivity contribution is 5.91. The van der Waals surface area contributed by atoms with Crippen LogP contribution in [0.4, 0.5) is 0 Å². The van der Waals surface area contributed by atoms with E-state index in [9.17, 15) is 4.79 Å². The minimum absolute atomic E-state index is 0.274. The summed E-state index contributed by atoms with van der Waals surface area (Å²) in [5.74, 6) is -0.644. The summed E-state index contributed by atoms with van der Waals surface area (Å²) in [5, 5.41) is 0. The lowest BCUT2D eigenvalue weighted by atomic mass is 9.85. The molecule has 144 valence electrons. The summed E-state index contributed by atoms with van der Waals surface area (Å²) in [5.41, 5.74) is 1.51. The molecule has 0 radical (unpaired) electrons. The third-order valence-electron chi connectivity index (χ3n) is 3.75. The van der Waals surface area contributed by atoms with Crippen molar-refractivity contribution in [2.24, 2.45) is 0 Å². The van der Waals surface area contributed by atoms with Gasteiger partial charge in [-0.1, -0.05) is 60.7 Å². The maximum atomic E-state index is 13.1. The standard InChI is InChI=1S/C24H30O3/c1-23(2,3)26-17-20(22(25)27-24(4,5)6)21(18-13-9-7-10-14-18)19-15-11-8-12-16-19/h7-17,21H,1-6H3. The molecule has 0 aliphatic rings. The second-order valence-corrected chi connectivity index (χ2v) is 8.56. The van der Waals surface area contributed by atoms with Gasteiger partial charge >= 0.3 is 5.97 Å². The number of esters is 1. The average Bonchev–Trinajstić information content (AvgIpc) is 2.57. The summed E-state index contributed by atoms with van der Waals surface area (Å²) in [6, 6.07) is 19.9. The molecule has 0 amide bonds. The molecule has 2 aromatic carbocycles. The van der Waals surface area contributed by atoms with E-state index in [2.05, 4.69) is 0 Å². The molecule has 0 spiro atoms. The lowest BCUT2D eigenvalue weighted by Crippen LogP contribution is -2.28. The van der Waals surface area contributed by atoms with E-state index in [0.717, 1.165) is 11.1 Å². The van der Waals surface area contributed by atoms with Crippen molar-refractivity contribution in [3.8, 4) is 0 Å². The van der Waals surface area contributed by atoms with Crippen molar-refractivity contribution in [3.05, 3.63) is 83.6 Å².